The molecule has 0 aliphatic carbocycles. The van der Waals surface area contributed by atoms with Gasteiger partial charge in [0.05, 0.1) is 5.56 Å². The average Bonchev–Trinajstić information content (AvgIpc) is 2.70. The third-order valence-corrected chi connectivity index (χ3v) is 5.93. The molecule has 170 valence electrons. The zero-order valence-electron chi connectivity index (χ0n) is 19.0. The monoisotopic (exact) mass is 418 g/mol. The van der Waals surface area contributed by atoms with Gasteiger partial charge in [-0.05, 0) is 49.4 Å². The first-order chi connectivity index (χ1) is 14.5. The second-order valence-electron chi connectivity index (χ2n) is 8.64. The van der Waals surface area contributed by atoms with E-state index in [-0.39, 0.29) is 0 Å². The number of carbonyl (C=O) groups is 2. The van der Waals surface area contributed by atoms with Gasteiger partial charge in [0.25, 0.3) is 0 Å². The van der Waals surface area contributed by atoms with Crippen LogP contribution >= 0.6 is 0 Å². The molecule has 0 saturated carbocycles. The quantitative estimate of drug-likeness (QED) is 0.227. The molecule has 0 aliphatic rings. The van der Waals surface area contributed by atoms with E-state index in [0.29, 0.717) is 12.0 Å². The van der Waals surface area contributed by atoms with E-state index >= 15 is 0 Å². The van der Waals surface area contributed by atoms with Crippen molar-refractivity contribution in [2.45, 2.75) is 116 Å². The van der Waals surface area contributed by atoms with Gasteiger partial charge in [0.1, 0.15) is 0 Å². The molecular formula is C26H42O4. The van der Waals surface area contributed by atoms with Crippen molar-refractivity contribution in [2.75, 3.05) is 0 Å². The van der Waals surface area contributed by atoms with Crippen molar-refractivity contribution in [2.24, 2.45) is 0 Å². The predicted molar refractivity (Wildman–Crippen MR) is 123 cm³/mol. The Hall–Kier alpha value is -1.84. The van der Waals surface area contributed by atoms with Crippen LogP contribution in [0.15, 0.2) is 18.2 Å². The highest BCUT2D eigenvalue weighted by Crippen LogP contribution is 2.17. The van der Waals surface area contributed by atoms with Gasteiger partial charge in [0.2, 0.25) is 0 Å². The third-order valence-electron chi connectivity index (χ3n) is 5.93. The number of aryl methyl sites for hydroxylation is 2. The summed E-state index contributed by atoms with van der Waals surface area (Å²) in [5.41, 5.74) is 2.75. The van der Waals surface area contributed by atoms with E-state index in [1.807, 2.05) is 13.0 Å². The highest BCUT2D eigenvalue weighted by molar-refractivity contribution is 5.87. The summed E-state index contributed by atoms with van der Waals surface area (Å²) in [6.45, 7) is 2.00. The lowest BCUT2D eigenvalue weighted by Gasteiger charge is -2.07. The molecule has 4 nitrogen and oxygen atoms in total. The number of unbranched alkanes of at least 4 members (excludes halogenated alkanes) is 14. The Bertz CT molecular complexity index is 609. The van der Waals surface area contributed by atoms with Gasteiger partial charge in [-0.2, -0.15) is 0 Å². The number of carboxylic acids is 2. The van der Waals surface area contributed by atoms with E-state index in [4.69, 9.17) is 10.2 Å². The lowest BCUT2D eigenvalue weighted by atomic mass is 9.99. The summed E-state index contributed by atoms with van der Waals surface area (Å²) in [6, 6.07) is 5.46. The van der Waals surface area contributed by atoms with Gasteiger partial charge < -0.3 is 10.2 Å². The number of hydrogen-bond acceptors (Lipinski definition) is 2. The van der Waals surface area contributed by atoms with E-state index in [2.05, 4.69) is 0 Å². The molecule has 1 aromatic rings. The van der Waals surface area contributed by atoms with E-state index < -0.39 is 11.9 Å². The van der Waals surface area contributed by atoms with Gasteiger partial charge in [0, 0.05) is 6.42 Å². The minimum atomic E-state index is -0.852. The van der Waals surface area contributed by atoms with E-state index in [1.54, 1.807) is 12.1 Å². The van der Waals surface area contributed by atoms with Crippen molar-refractivity contribution in [3.63, 3.8) is 0 Å². The van der Waals surface area contributed by atoms with Crippen LogP contribution in [0.25, 0.3) is 0 Å². The highest BCUT2D eigenvalue weighted by Gasteiger charge is 2.05. The average molecular weight is 419 g/mol. The Labute approximate surface area is 183 Å². The van der Waals surface area contributed by atoms with Crippen LogP contribution in [0.2, 0.25) is 0 Å². The van der Waals surface area contributed by atoms with Crippen LogP contribution in [0.1, 0.15) is 124 Å². The number of aromatic carboxylic acids is 1. The summed E-state index contributed by atoms with van der Waals surface area (Å²) in [7, 11) is 0. The molecule has 0 unspecified atom stereocenters. The first-order valence-corrected chi connectivity index (χ1v) is 12.1. The molecule has 1 aromatic carbocycles. The Morgan fingerprint density at radius 2 is 1.10 bits per heavy atom. The minimum Gasteiger partial charge on any atom is -0.481 e. The lowest BCUT2D eigenvalue weighted by Crippen LogP contribution is -1.99. The second kappa shape index (κ2) is 16.9. The summed E-state index contributed by atoms with van der Waals surface area (Å²) >= 11 is 0. The fourth-order valence-corrected chi connectivity index (χ4v) is 4.00. The van der Waals surface area contributed by atoms with Crippen LogP contribution in [0, 0.1) is 6.92 Å². The highest BCUT2D eigenvalue weighted by atomic mass is 16.4. The molecule has 0 amide bonds. The molecule has 30 heavy (non-hydrogen) atoms. The van der Waals surface area contributed by atoms with Gasteiger partial charge >= 0.3 is 11.9 Å². The molecule has 0 bridgehead atoms. The van der Waals surface area contributed by atoms with Crippen LogP contribution < -0.4 is 0 Å². The van der Waals surface area contributed by atoms with Crippen molar-refractivity contribution in [1.29, 1.82) is 0 Å². The third kappa shape index (κ3) is 13.4. The number of carboxylic acid groups (broad SMARTS) is 2. The van der Waals surface area contributed by atoms with Gasteiger partial charge in [-0.15, -0.1) is 0 Å². The van der Waals surface area contributed by atoms with Gasteiger partial charge in [-0.3, -0.25) is 4.79 Å². The predicted octanol–water partition coefficient (Wildman–Crippen LogP) is 7.56. The minimum absolute atomic E-state index is 0.321. The first-order valence-electron chi connectivity index (χ1n) is 12.1. The lowest BCUT2D eigenvalue weighted by molar-refractivity contribution is -0.137. The molecule has 4 heteroatoms. The van der Waals surface area contributed by atoms with Crippen LogP contribution in [0.5, 0.6) is 0 Å². The molecular weight excluding hydrogens is 376 g/mol. The smallest absolute Gasteiger partial charge is 0.335 e. The Morgan fingerprint density at radius 1 is 0.667 bits per heavy atom. The summed E-state index contributed by atoms with van der Waals surface area (Å²) in [5, 5.41) is 17.6. The summed E-state index contributed by atoms with van der Waals surface area (Å²) in [6.07, 6.45) is 20.1. The van der Waals surface area contributed by atoms with Crippen molar-refractivity contribution >= 4 is 11.9 Å². The summed E-state index contributed by atoms with van der Waals surface area (Å²) in [5.74, 6) is -1.52. The van der Waals surface area contributed by atoms with Crippen molar-refractivity contribution in [1.82, 2.24) is 0 Å². The second-order valence-corrected chi connectivity index (χ2v) is 8.64. The maximum atomic E-state index is 11.0. The number of aliphatic carboxylic acids is 1. The van der Waals surface area contributed by atoms with Crippen LogP contribution in [-0.2, 0) is 11.2 Å². The molecule has 0 aliphatic heterocycles. The standard InChI is InChI=1S/C26H42O4/c1-22-21-24(26(29)30)20-19-23(22)17-15-13-11-9-7-5-3-2-4-6-8-10-12-14-16-18-25(27)28/h19-21H,2-18H2,1H3,(H,27,28)(H,29,30). The zero-order valence-corrected chi connectivity index (χ0v) is 19.0. The molecule has 0 fully saturated rings. The number of benzene rings is 1. The Balaban J connectivity index is 1.85. The van der Waals surface area contributed by atoms with Crippen LogP contribution in [0.3, 0.4) is 0 Å². The van der Waals surface area contributed by atoms with Gasteiger partial charge in [0.15, 0.2) is 0 Å². The Morgan fingerprint density at radius 3 is 1.50 bits per heavy atom. The van der Waals surface area contributed by atoms with E-state index in [1.165, 1.54) is 89.0 Å². The maximum Gasteiger partial charge on any atom is 0.335 e. The molecule has 0 spiro atoms. The number of rotatable bonds is 19. The largest absolute Gasteiger partial charge is 0.481 e. The molecule has 1 rings (SSSR count). The maximum absolute atomic E-state index is 11.0. The van der Waals surface area contributed by atoms with E-state index in [9.17, 15) is 9.59 Å². The Kier molecular flexibility index (Phi) is 14.8. The molecule has 0 atom stereocenters. The summed E-state index contributed by atoms with van der Waals surface area (Å²) < 4.78 is 0. The van der Waals surface area contributed by atoms with E-state index in [0.717, 1.165) is 24.8 Å². The molecule has 0 radical (unpaired) electrons. The first kappa shape index (κ1) is 26.2. The van der Waals surface area contributed by atoms with Crippen LogP contribution in [0.4, 0.5) is 0 Å². The van der Waals surface area contributed by atoms with Crippen molar-refractivity contribution in [3.05, 3.63) is 34.9 Å². The summed E-state index contributed by atoms with van der Waals surface area (Å²) in [4.78, 5) is 21.4. The normalized spacial score (nSPS) is 11.0. The van der Waals surface area contributed by atoms with Crippen molar-refractivity contribution < 1.29 is 19.8 Å². The van der Waals surface area contributed by atoms with Crippen LogP contribution in [-0.4, -0.2) is 22.2 Å². The number of hydrogen-bond donors (Lipinski definition) is 2. The zero-order chi connectivity index (χ0) is 22.0. The SMILES string of the molecule is Cc1cc(C(=O)O)ccc1CCCCCCCCCCCCCCCCCC(=O)O. The fraction of sp³-hybridized carbons (Fsp3) is 0.692. The van der Waals surface area contributed by atoms with Gasteiger partial charge in [-0.25, -0.2) is 4.79 Å². The molecule has 2 N–H and O–H groups in total. The van der Waals surface area contributed by atoms with Gasteiger partial charge in [-0.1, -0.05) is 89.5 Å². The van der Waals surface area contributed by atoms with Crippen molar-refractivity contribution in [3.8, 4) is 0 Å². The molecule has 0 heterocycles. The fourth-order valence-electron chi connectivity index (χ4n) is 4.00. The molecule has 0 aromatic heterocycles. The molecule has 0 saturated heterocycles. The topological polar surface area (TPSA) is 74.6 Å².